The molecule has 0 aliphatic heterocycles. The van der Waals surface area contributed by atoms with E-state index in [2.05, 4.69) is 11.4 Å². The highest BCUT2D eigenvalue weighted by atomic mass is 16.6. The highest BCUT2D eigenvalue weighted by Gasteiger charge is 2.37. The Morgan fingerprint density at radius 2 is 2.10 bits per heavy atom. The van der Waals surface area contributed by atoms with Crippen LogP contribution < -0.4 is 5.32 Å². The number of rotatable bonds is 3. The van der Waals surface area contributed by atoms with E-state index in [0.29, 0.717) is 18.4 Å². The maximum absolute atomic E-state index is 12.3. The predicted molar refractivity (Wildman–Crippen MR) is 72.1 cm³/mol. The molecule has 1 aromatic carbocycles. The first-order valence-electron chi connectivity index (χ1n) is 6.47. The summed E-state index contributed by atoms with van der Waals surface area (Å²) in [5, 5.41) is 23.0. The first-order valence-corrected chi connectivity index (χ1v) is 6.47. The van der Waals surface area contributed by atoms with Crippen molar-refractivity contribution >= 4 is 11.6 Å². The van der Waals surface area contributed by atoms with Crippen LogP contribution in [0.25, 0.3) is 0 Å². The fourth-order valence-electron chi connectivity index (χ4n) is 2.62. The standard InChI is InChI=1S/C14H15N3O3/c1-10-5-4-6-11(17(19)20)12(10)13(18)16-14(9-15)7-2-3-8-14/h4-6H,2-3,7-8H2,1H3,(H,16,18). The average molecular weight is 273 g/mol. The van der Waals surface area contributed by atoms with Crippen molar-refractivity contribution in [3.63, 3.8) is 0 Å². The molecule has 0 unspecified atom stereocenters. The number of amides is 1. The molecule has 20 heavy (non-hydrogen) atoms. The summed E-state index contributed by atoms with van der Waals surface area (Å²) < 4.78 is 0. The van der Waals surface area contributed by atoms with Gasteiger partial charge in [0.15, 0.2) is 0 Å². The van der Waals surface area contributed by atoms with Crippen molar-refractivity contribution in [2.75, 3.05) is 0 Å². The van der Waals surface area contributed by atoms with E-state index in [4.69, 9.17) is 0 Å². The molecule has 2 rings (SSSR count). The molecule has 1 aromatic rings. The molecular formula is C14H15N3O3. The number of nitro benzene ring substituents is 1. The Kier molecular flexibility index (Phi) is 3.70. The summed E-state index contributed by atoms with van der Waals surface area (Å²) in [6, 6.07) is 6.64. The zero-order valence-corrected chi connectivity index (χ0v) is 11.2. The summed E-state index contributed by atoms with van der Waals surface area (Å²) in [5.41, 5.74) is -0.539. The summed E-state index contributed by atoms with van der Waals surface area (Å²) in [7, 11) is 0. The minimum Gasteiger partial charge on any atom is -0.333 e. The molecule has 0 spiro atoms. The lowest BCUT2D eigenvalue weighted by Gasteiger charge is -2.22. The SMILES string of the molecule is Cc1cccc([N+](=O)[O-])c1C(=O)NC1(C#N)CCCC1. The zero-order chi connectivity index (χ0) is 14.8. The van der Waals surface area contributed by atoms with Crippen molar-refractivity contribution in [1.29, 1.82) is 5.26 Å². The summed E-state index contributed by atoms with van der Waals surface area (Å²) in [6.45, 7) is 1.65. The largest absolute Gasteiger partial charge is 0.333 e. The van der Waals surface area contributed by atoms with Crippen LogP contribution >= 0.6 is 0 Å². The van der Waals surface area contributed by atoms with E-state index in [9.17, 15) is 20.2 Å². The van der Waals surface area contributed by atoms with Crippen LogP contribution in [0.4, 0.5) is 5.69 Å². The minimum absolute atomic E-state index is 0.0408. The average Bonchev–Trinajstić information content (AvgIpc) is 2.87. The van der Waals surface area contributed by atoms with Gasteiger partial charge in [-0.05, 0) is 38.2 Å². The van der Waals surface area contributed by atoms with Crippen molar-refractivity contribution in [3.05, 3.63) is 39.4 Å². The molecule has 0 radical (unpaired) electrons. The number of carbonyl (C=O) groups is 1. The maximum Gasteiger partial charge on any atom is 0.282 e. The molecule has 0 atom stereocenters. The number of nitro groups is 1. The zero-order valence-electron chi connectivity index (χ0n) is 11.2. The second-order valence-electron chi connectivity index (χ2n) is 5.08. The summed E-state index contributed by atoms with van der Waals surface area (Å²) in [5.74, 6) is -0.543. The van der Waals surface area contributed by atoms with E-state index in [0.717, 1.165) is 12.8 Å². The molecular weight excluding hydrogens is 258 g/mol. The van der Waals surface area contributed by atoms with Crippen LogP contribution in [0.5, 0.6) is 0 Å². The highest BCUT2D eigenvalue weighted by molar-refractivity contribution is 6.00. The van der Waals surface area contributed by atoms with Gasteiger partial charge in [-0.3, -0.25) is 14.9 Å². The number of nitrogens with zero attached hydrogens (tertiary/aromatic N) is 2. The first-order chi connectivity index (χ1) is 9.49. The van der Waals surface area contributed by atoms with Gasteiger partial charge in [0.2, 0.25) is 0 Å². The summed E-state index contributed by atoms with van der Waals surface area (Å²) >= 11 is 0. The van der Waals surface area contributed by atoms with Crippen LogP contribution in [0.1, 0.15) is 41.6 Å². The van der Waals surface area contributed by atoms with E-state index in [1.807, 2.05) is 0 Å². The second-order valence-corrected chi connectivity index (χ2v) is 5.08. The van der Waals surface area contributed by atoms with Gasteiger partial charge in [0, 0.05) is 6.07 Å². The lowest BCUT2D eigenvalue weighted by atomic mass is 9.98. The quantitative estimate of drug-likeness (QED) is 0.675. The fraction of sp³-hybridized carbons (Fsp3) is 0.429. The third-order valence-corrected chi connectivity index (χ3v) is 3.70. The topological polar surface area (TPSA) is 96.0 Å². The van der Waals surface area contributed by atoms with Crippen LogP contribution in [0.2, 0.25) is 0 Å². The molecule has 0 aromatic heterocycles. The Bertz CT molecular complexity index is 598. The van der Waals surface area contributed by atoms with Crippen molar-refractivity contribution in [2.24, 2.45) is 0 Å². The van der Waals surface area contributed by atoms with E-state index in [-0.39, 0.29) is 11.3 Å². The van der Waals surface area contributed by atoms with Gasteiger partial charge < -0.3 is 5.32 Å². The van der Waals surface area contributed by atoms with Gasteiger partial charge in [0.25, 0.3) is 11.6 Å². The summed E-state index contributed by atoms with van der Waals surface area (Å²) in [4.78, 5) is 22.8. The Balaban J connectivity index is 2.35. The van der Waals surface area contributed by atoms with Crippen LogP contribution in [0.15, 0.2) is 18.2 Å². The third-order valence-electron chi connectivity index (χ3n) is 3.70. The molecule has 0 saturated heterocycles. The fourth-order valence-corrected chi connectivity index (χ4v) is 2.62. The number of hydrogen-bond donors (Lipinski definition) is 1. The Morgan fingerprint density at radius 1 is 1.45 bits per heavy atom. The number of carbonyl (C=O) groups excluding carboxylic acids is 1. The van der Waals surface area contributed by atoms with E-state index in [1.54, 1.807) is 19.1 Å². The highest BCUT2D eigenvalue weighted by Crippen LogP contribution is 2.30. The molecule has 6 heteroatoms. The maximum atomic E-state index is 12.3. The normalized spacial score (nSPS) is 16.4. The van der Waals surface area contributed by atoms with Crippen LogP contribution in [0, 0.1) is 28.4 Å². The molecule has 1 saturated carbocycles. The Hall–Kier alpha value is -2.42. The van der Waals surface area contributed by atoms with Crippen molar-refractivity contribution in [1.82, 2.24) is 5.32 Å². The van der Waals surface area contributed by atoms with Gasteiger partial charge in [-0.2, -0.15) is 5.26 Å². The van der Waals surface area contributed by atoms with E-state index < -0.39 is 16.4 Å². The number of nitrogens with one attached hydrogen (secondary N) is 1. The monoisotopic (exact) mass is 273 g/mol. The molecule has 1 fully saturated rings. The minimum atomic E-state index is -0.882. The molecule has 1 aliphatic rings. The summed E-state index contributed by atoms with van der Waals surface area (Å²) in [6.07, 6.45) is 2.94. The van der Waals surface area contributed by atoms with Crippen LogP contribution in [-0.4, -0.2) is 16.4 Å². The number of hydrogen-bond acceptors (Lipinski definition) is 4. The first kappa shape index (κ1) is 14.0. The predicted octanol–water partition coefficient (Wildman–Crippen LogP) is 2.47. The van der Waals surface area contributed by atoms with Gasteiger partial charge >= 0.3 is 0 Å². The number of benzene rings is 1. The number of aryl methyl sites for hydroxylation is 1. The van der Waals surface area contributed by atoms with Crippen molar-refractivity contribution in [3.8, 4) is 6.07 Å². The van der Waals surface area contributed by atoms with Crippen molar-refractivity contribution in [2.45, 2.75) is 38.1 Å². The van der Waals surface area contributed by atoms with Gasteiger partial charge in [-0.15, -0.1) is 0 Å². The van der Waals surface area contributed by atoms with Crippen molar-refractivity contribution < 1.29 is 9.72 Å². The number of nitriles is 1. The molecule has 0 bridgehead atoms. The molecule has 1 amide bonds. The Morgan fingerprint density at radius 3 is 2.65 bits per heavy atom. The molecule has 6 nitrogen and oxygen atoms in total. The molecule has 1 N–H and O–H groups in total. The lowest BCUT2D eigenvalue weighted by Crippen LogP contribution is -2.45. The van der Waals surface area contributed by atoms with Crippen LogP contribution in [-0.2, 0) is 0 Å². The Labute approximate surface area is 116 Å². The molecule has 0 heterocycles. The lowest BCUT2D eigenvalue weighted by molar-refractivity contribution is -0.385. The third kappa shape index (κ3) is 2.48. The molecule has 104 valence electrons. The van der Waals surface area contributed by atoms with Gasteiger partial charge in [0.1, 0.15) is 11.1 Å². The smallest absolute Gasteiger partial charge is 0.282 e. The second kappa shape index (κ2) is 5.29. The van der Waals surface area contributed by atoms with Crippen LogP contribution in [0.3, 0.4) is 0 Å². The molecule has 1 aliphatic carbocycles. The van der Waals surface area contributed by atoms with E-state index in [1.165, 1.54) is 6.07 Å². The van der Waals surface area contributed by atoms with Gasteiger partial charge in [0.05, 0.1) is 11.0 Å². The van der Waals surface area contributed by atoms with Gasteiger partial charge in [-0.1, -0.05) is 12.1 Å². The van der Waals surface area contributed by atoms with E-state index >= 15 is 0 Å². The van der Waals surface area contributed by atoms with Gasteiger partial charge in [-0.25, -0.2) is 0 Å².